The van der Waals surface area contributed by atoms with Crippen molar-refractivity contribution in [2.75, 3.05) is 6.54 Å². The first-order valence-corrected chi connectivity index (χ1v) is 7.31. The Morgan fingerprint density at radius 1 is 1.16 bits per heavy atom. The van der Waals surface area contributed by atoms with Crippen molar-refractivity contribution in [3.8, 4) is 0 Å². The number of nitrogens with one attached hydrogen (secondary N) is 1. The molecular formula is C14H24N2O3. The number of nitrogens with two attached hydrogens (primary N) is 1. The van der Waals surface area contributed by atoms with Crippen molar-refractivity contribution < 1.29 is 14.7 Å². The van der Waals surface area contributed by atoms with Crippen LogP contribution in [0.2, 0.25) is 0 Å². The second-order valence-corrected chi connectivity index (χ2v) is 6.13. The van der Waals surface area contributed by atoms with Gasteiger partial charge in [-0.15, -0.1) is 0 Å². The van der Waals surface area contributed by atoms with E-state index < -0.39 is 11.5 Å². The molecule has 1 amide bonds. The summed E-state index contributed by atoms with van der Waals surface area (Å²) in [5, 5.41) is 11.9. The summed E-state index contributed by atoms with van der Waals surface area (Å²) in [6.07, 6.45) is 6.85. The van der Waals surface area contributed by atoms with Crippen molar-refractivity contribution in [2.24, 2.45) is 17.6 Å². The summed E-state index contributed by atoms with van der Waals surface area (Å²) in [5.74, 6) is -0.494. The van der Waals surface area contributed by atoms with E-state index >= 15 is 0 Å². The van der Waals surface area contributed by atoms with Crippen molar-refractivity contribution in [1.29, 1.82) is 0 Å². The predicted octanol–water partition coefficient (Wildman–Crippen LogP) is 1.27. The maximum atomic E-state index is 12.1. The average Bonchev–Trinajstić information content (AvgIpc) is 2.84. The van der Waals surface area contributed by atoms with E-state index in [0.29, 0.717) is 12.5 Å². The van der Waals surface area contributed by atoms with Crippen molar-refractivity contribution in [2.45, 2.75) is 56.9 Å². The Hall–Kier alpha value is -1.10. The lowest BCUT2D eigenvalue weighted by Gasteiger charge is -2.28. The smallest absolute Gasteiger partial charge is 0.306 e. The third-order valence-corrected chi connectivity index (χ3v) is 4.70. The van der Waals surface area contributed by atoms with Gasteiger partial charge in [0.1, 0.15) is 0 Å². The van der Waals surface area contributed by atoms with Crippen LogP contribution in [0, 0.1) is 11.8 Å². The number of hydrogen-bond acceptors (Lipinski definition) is 3. The van der Waals surface area contributed by atoms with E-state index in [1.54, 1.807) is 0 Å². The molecule has 0 spiro atoms. The molecule has 0 radical (unpaired) electrons. The number of carboxylic acids is 1. The molecule has 2 aliphatic carbocycles. The van der Waals surface area contributed by atoms with Crippen molar-refractivity contribution in [1.82, 2.24) is 5.32 Å². The second kappa shape index (κ2) is 5.90. The Kier molecular flexibility index (Phi) is 4.45. The fourth-order valence-electron chi connectivity index (χ4n) is 3.26. The summed E-state index contributed by atoms with van der Waals surface area (Å²) in [6.45, 7) is 0.643. The van der Waals surface area contributed by atoms with Crippen molar-refractivity contribution in [3.05, 3.63) is 0 Å². The van der Waals surface area contributed by atoms with E-state index in [2.05, 4.69) is 5.32 Å². The molecule has 0 aliphatic heterocycles. The quantitative estimate of drug-likeness (QED) is 0.715. The first-order chi connectivity index (χ1) is 9.01. The highest BCUT2D eigenvalue weighted by Crippen LogP contribution is 2.30. The van der Waals surface area contributed by atoms with Crippen LogP contribution in [0.5, 0.6) is 0 Å². The van der Waals surface area contributed by atoms with Gasteiger partial charge in [0, 0.05) is 6.54 Å². The zero-order chi connectivity index (χ0) is 13.9. The Labute approximate surface area is 113 Å². The summed E-state index contributed by atoms with van der Waals surface area (Å²) >= 11 is 0. The normalized spacial score (nSPS) is 29.9. The Bertz CT molecular complexity index is 343. The van der Waals surface area contributed by atoms with Crippen LogP contribution in [0.25, 0.3) is 0 Å². The molecule has 108 valence electrons. The molecule has 4 N–H and O–H groups in total. The van der Waals surface area contributed by atoms with Crippen molar-refractivity contribution in [3.63, 3.8) is 0 Å². The number of carbonyl (C=O) groups excluding carboxylic acids is 1. The third-order valence-electron chi connectivity index (χ3n) is 4.70. The Morgan fingerprint density at radius 2 is 1.74 bits per heavy atom. The van der Waals surface area contributed by atoms with Gasteiger partial charge in [-0.25, -0.2) is 0 Å². The molecule has 2 fully saturated rings. The molecule has 0 aromatic heterocycles. The van der Waals surface area contributed by atoms with Gasteiger partial charge in [0.25, 0.3) is 0 Å². The summed E-state index contributed by atoms with van der Waals surface area (Å²) in [4.78, 5) is 22.9. The number of carboxylic acid groups (broad SMARTS) is 1. The first-order valence-electron chi connectivity index (χ1n) is 7.31. The number of aliphatic carboxylic acids is 1. The van der Waals surface area contributed by atoms with Crippen LogP contribution < -0.4 is 11.1 Å². The fraction of sp³-hybridized carbons (Fsp3) is 0.857. The molecule has 0 heterocycles. The molecule has 0 unspecified atom stereocenters. The fourth-order valence-corrected chi connectivity index (χ4v) is 3.26. The van der Waals surface area contributed by atoms with Crippen LogP contribution in [0.3, 0.4) is 0 Å². The second-order valence-electron chi connectivity index (χ2n) is 6.13. The number of amides is 1. The molecule has 5 nitrogen and oxygen atoms in total. The topological polar surface area (TPSA) is 92.4 Å². The van der Waals surface area contributed by atoms with Gasteiger partial charge in [0.05, 0.1) is 11.5 Å². The number of carbonyl (C=O) groups is 2. The maximum absolute atomic E-state index is 12.1. The molecule has 2 rings (SSSR count). The molecule has 0 aromatic rings. The highest BCUT2D eigenvalue weighted by molar-refractivity contribution is 5.86. The summed E-state index contributed by atoms with van der Waals surface area (Å²) < 4.78 is 0. The van der Waals surface area contributed by atoms with Gasteiger partial charge in [-0.2, -0.15) is 0 Å². The van der Waals surface area contributed by atoms with Crippen LogP contribution in [-0.4, -0.2) is 29.1 Å². The largest absolute Gasteiger partial charge is 0.481 e. The monoisotopic (exact) mass is 268 g/mol. The minimum atomic E-state index is -0.686. The lowest BCUT2D eigenvalue weighted by atomic mass is 9.82. The third kappa shape index (κ3) is 3.47. The van der Waals surface area contributed by atoms with E-state index in [0.717, 1.165) is 51.4 Å². The Balaban J connectivity index is 1.72. The molecule has 19 heavy (non-hydrogen) atoms. The van der Waals surface area contributed by atoms with Crippen molar-refractivity contribution >= 4 is 11.9 Å². The standard InChI is InChI=1S/C14H24N2O3/c15-14(7-1-2-8-14)13(19)16-9-10-3-5-11(6-4-10)12(17)18/h10-11H,1-9,15H2,(H,16,19)(H,17,18). The maximum Gasteiger partial charge on any atom is 0.306 e. The average molecular weight is 268 g/mol. The molecule has 0 aromatic carbocycles. The van der Waals surface area contributed by atoms with Crippen LogP contribution in [0.4, 0.5) is 0 Å². The molecule has 0 saturated heterocycles. The van der Waals surface area contributed by atoms with Gasteiger partial charge >= 0.3 is 5.97 Å². The van der Waals surface area contributed by atoms with E-state index in [-0.39, 0.29) is 11.8 Å². The van der Waals surface area contributed by atoms with Crippen LogP contribution in [-0.2, 0) is 9.59 Å². The van der Waals surface area contributed by atoms with E-state index in [9.17, 15) is 9.59 Å². The van der Waals surface area contributed by atoms with Gasteiger partial charge in [0.2, 0.25) is 5.91 Å². The van der Waals surface area contributed by atoms with E-state index in [1.165, 1.54) is 0 Å². The summed E-state index contributed by atoms with van der Waals surface area (Å²) in [6, 6.07) is 0. The van der Waals surface area contributed by atoms with Gasteiger partial charge < -0.3 is 16.2 Å². The van der Waals surface area contributed by atoms with Crippen LogP contribution in [0.15, 0.2) is 0 Å². The molecule has 2 saturated carbocycles. The zero-order valence-corrected chi connectivity index (χ0v) is 11.4. The summed E-state index contributed by atoms with van der Waals surface area (Å²) in [5.41, 5.74) is 5.44. The highest BCUT2D eigenvalue weighted by Gasteiger charge is 2.37. The highest BCUT2D eigenvalue weighted by atomic mass is 16.4. The lowest BCUT2D eigenvalue weighted by Crippen LogP contribution is -2.52. The molecule has 5 heteroatoms. The Morgan fingerprint density at radius 3 is 2.26 bits per heavy atom. The SMILES string of the molecule is NC1(C(=O)NCC2CCC(C(=O)O)CC2)CCCC1. The van der Waals surface area contributed by atoms with Gasteiger partial charge in [-0.05, 0) is 44.4 Å². The van der Waals surface area contributed by atoms with Gasteiger partial charge in [-0.3, -0.25) is 9.59 Å². The number of rotatable bonds is 4. The van der Waals surface area contributed by atoms with Gasteiger partial charge in [0.15, 0.2) is 0 Å². The predicted molar refractivity (Wildman–Crippen MR) is 71.5 cm³/mol. The summed E-state index contributed by atoms with van der Waals surface area (Å²) in [7, 11) is 0. The zero-order valence-electron chi connectivity index (χ0n) is 11.4. The molecule has 0 atom stereocenters. The van der Waals surface area contributed by atoms with Crippen LogP contribution in [0.1, 0.15) is 51.4 Å². The first kappa shape index (κ1) is 14.3. The lowest BCUT2D eigenvalue weighted by molar-refractivity contribution is -0.143. The number of hydrogen-bond donors (Lipinski definition) is 3. The minimum absolute atomic E-state index is 0.0228. The molecule has 0 bridgehead atoms. The molecule has 2 aliphatic rings. The minimum Gasteiger partial charge on any atom is -0.481 e. The van der Waals surface area contributed by atoms with Gasteiger partial charge in [-0.1, -0.05) is 12.8 Å². The van der Waals surface area contributed by atoms with E-state index in [1.807, 2.05) is 0 Å². The molecular weight excluding hydrogens is 244 g/mol. The van der Waals surface area contributed by atoms with Crippen LogP contribution >= 0.6 is 0 Å². The van der Waals surface area contributed by atoms with E-state index in [4.69, 9.17) is 10.8 Å².